The third kappa shape index (κ3) is 2.28. The van der Waals surface area contributed by atoms with Gasteiger partial charge in [0.1, 0.15) is 11.6 Å². The van der Waals surface area contributed by atoms with E-state index in [1.165, 1.54) is 5.56 Å². The average Bonchev–Trinajstić information content (AvgIpc) is 3.30. The van der Waals surface area contributed by atoms with Gasteiger partial charge in [-0.1, -0.05) is 43.7 Å². The molecule has 1 aromatic carbocycles. The van der Waals surface area contributed by atoms with Crippen molar-refractivity contribution in [3.05, 3.63) is 53.5 Å². The molecule has 0 aliphatic heterocycles. The summed E-state index contributed by atoms with van der Waals surface area (Å²) in [5, 5.41) is 3.17. The van der Waals surface area contributed by atoms with Crippen LogP contribution in [0.4, 0.5) is 5.82 Å². The van der Waals surface area contributed by atoms with E-state index < -0.39 is 0 Å². The van der Waals surface area contributed by atoms with Crippen LogP contribution in [0, 0.1) is 0 Å². The molecule has 1 fully saturated rings. The molecule has 0 unspecified atom stereocenters. The summed E-state index contributed by atoms with van der Waals surface area (Å²) in [5.74, 6) is 1.92. The molecule has 0 radical (unpaired) electrons. The van der Waals surface area contributed by atoms with E-state index in [2.05, 4.69) is 48.6 Å². The number of aromatic nitrogens is 2. The van der Waals surface area contributed by atoms with Crippen molar-refractivity contribution in [2.24, 2.45) is 0 Å². The lowest BCUT2D eigenvalue weighted by Gasteiger charge is -2.16. The van der Waals surface area contributed by atoms with Gasteiger partial charge < -0.3 is 5.32 Å². The second-order valence-corrected chi connectivity index (χ2v) is 5.52. The molecule has 0 amide bonds. The van der Waals surface area contributed by atoms with Crippen LogP contribution >= 0.6 is 0 Å². The Morgan fingerprint density at radius 2 is 1.90 bits per heavy atom. The minimum absolute atomic E-state index is 0.0522. The van der Waals surface area contributed by atoms with Crippen LogP contribution in [0.15, 0.2) is 36.4 Å². The molecule has 0 spiro atoms. The Morgan fingerprint density at radius 3 is 2.50 bits per heavy atom. The zero-order valence-corrected chi connectivity index (χ0v) is 12.2. The predicted molar refractivity (Wildman–Crippen MR) is 82.0 cm³/mol. The Hall–Kier alpha value is -1.90. The molecule has 0 atom stereocenters. The summed E-state index contributed by atoms with van der Waals surface area (Å²) in [5.41, 5.74) is 2.54. The van der Waals surface area contributed by atoms with E-state index in [0.717, 1.165) is 43.0 Å². The normalized spacial score (nSPS) is 15.9. The average molecular weight is 267 g/mol. The van der Waals surface area contributed by atoms with Crippen LogP contribution in [-0.4, -0.2) is 17.0 Å². The van der Waals surface area contributed by atoms with Crippen molar-refractivity contribution in [2.45, 2.75) is 38.0 Å². The van der Waals surface area contributed by atoms with Crippen molar-refractivity contribution in [3.8, 4) is 0 Å². The lowest BCUT2D eigenvalue weighted by Crippen LogP contribution is -2.15. The lowest BCUT2D eigenvalue weighted by atomic mass is 9.95. The first-order valence-electron chi connectivity index (χ1n) is 7.40. The molecule has 3 rings (SSSR count). The molecule has 20 heavy (non-hydrogen) atoms. The number of hydrogen-bond acceptors (Lipinski definition) is 3. The quantitative estimate of drug-likeness (QED) is 0.900. The van der Waals surface area contributed by atoms with Crippen LogP contribution in [0.1, 0.15) is 43.3 Å². The molecule has 1 N–H and O–H groups in total. The summed E-state index contributed by atoms with van der Waals surface area (Å²) in [6, 6.07) is 12.7. The number of aryl methyl sites for hydroxylation is 1. The van der Waals surface area contributed by atoms with Gasteiger partial charge in [-0.3, -0.25) is 0 Å². The Bertz CT molecular complexity index is 588. The first kappa shape index (κ1) is 13.1. The van der Waals surface area contributed by atoms with Gasteiger partial charge in [0.05, 0.1) is 5.41 Å². The second-order valence-electron chi connectivity index (χ2n) is 5.52. The monoisotopic (exact) mass is 267 g/mol. The minimum atomic E-state index is 0.0522. The summed E-state index contributed by atoms with van der Waals surface area (Å²) in [4.78, 5) is 9.55. The number of anilines is 1. The van der Waals surface area contributed by atoms with Crippen LogP contribution in [0.25, 0.3) is 0 Å². The Labute approximate surface area is 120 Å². The highest BCUT2D eigenvalue weighted by Gasteiger charge is 2.48. The van der Waals surface area contributed by atoms with Gasteiger partial charge in [-0.25, -0.2) is 9.97 Å². The van der Waals surface area contributed by atoms with Crippen LogP contribution in [-0.2, 0) is 11.8 Å². The molecule has 1 aromatic heterocycles. The Balaban J connectivity index is 2.03. The number of nitrogens with zero attached hydrogens (tertiary/aromatic N) is 2. The van der Waals surface area contributed by atoms with Gasteiger partial charge in [0.25, 0.3) is 0 Å². The van der Waals surface area contributed by atoms with Crippen LogP contribution in [0.3, 0.4) is 0 Å². The highest BCUT2D eigenvalue weighted by atomic mass is 15.0. The highest BCUT2D eigenvalue weighted by molar-refractivity contribution is 5.43. The van der Waals surface area contributed by atoms with E-state index in [-0.39, 0.29) is 5.41 Å². The molecule has 3 heteroatoms. The van der Waals surface area contributed by atoms with Gasteiger partial charge in [-0.2, -0.15) is 0 Å². The van der Waals surface area contributed by atoms with Gasteiger partial charge in [0.15, 0.2) is 0 Å². The molecule has 1 heterocycles. The molecule has 0 bridgehead atoms. The van der Waals surface area contributed by atoms with Gasteiger partial charge in [0.2, 0.25) is 0 Å². The summed E-state index contributed by atoms with van der Waals surface area (Å²) in [7, 11) is 1.92. The van der Waals surface area contributed by atoms with Gasteiger partial charge in [-0.05, 0) is 24.8 Å². The summed E-state index contributed by atoms with van der Waals surface area (Å²) in [6.07, 6.45) is 4.42. The number of nitrogens with one attached hydrogen (secondary N) is 1. The molecule has 1 aliphatic carbocycles. The van der Waals surface area contributed by atoms with Crippen molar-refractivity contribution >= 4 is 5.82 Å². The standard InChI is InChI=1S/C17H21N3/c1-3-7-14-12-15(18-2)20-16(19-14)17(10-11-17)13-8-5-4-6-9-13/h4-6,8-9,12H,3,7,10-11H2,1-2H3,(H,18,19,20). The van der Waals surface area contributed by atoms with Crippen LogP contribution < -0.4 is 5.32 Å². The maximum atomic E-state index is 4.83. The fraction of sp³-hybridized carbons (Fsp3) is 0.412. The van der Waals surface area contributed by atoms with Gasteiger partial charge >= 0.3 is 0 Å². The van der Waals surface area contributed by atoms with E-state index in [1.807, 2.05) is 7.05 Å². The van der Waals surface area contributed by atoms with Crippen molar-refractivity contribution in [3.63, 3.8) is 0 Å². The summed E-state index contributed by atoms with van der Waals surface area (Å²) < 4.78 is 0. The molecule has 1 saturated carbocycles. The molecule has 2 aromatic rings. The highest BCUT2D eigenvalue weighted by Crippen LogP contribution is 2.52. The number of benzene rings is 1. The van der Waals surface area contributed by atoms with Crippen molar-refractivity contribution in [1.82, 2.24) is 9.97 Å². The molecular weight excluding hydrogens is 246 g/mol. The maximum Gasteiger partial charge on any atom is 0.141 e. The molecule has 1 aliphatic rings. The fourth-order valence-corrected chi connectivity index (χ4v) is 2.75. The van der Waals surface area contributed by atoms with E-state index in [0.29, 0.717) is 0 Å². The van der Waals surface area contributed by atoms with E-state index in [4.69, 9.17) is 9.97 Å². The van der Waals surface area contributed by atoms with Crippen LogP contribution in [0.5, 0.6) is 0 Å². The fourth-order valence-electron chi connectivity index (χ4n) is 2.75. The SMILES string of the molecule is CCCc1cc(NC)nc(C2(c3ccccc3)CC2)n1. The minimum Gasteiger partial charge on any atom is -0.373 e. The first-order valence-corrected chi connectivity index (χ1v) is 7.40. The van der Waals surface area contributed by atoms with E-state index in [9.17, 15) is 0 Å². The van der Waals surface area contributed by atoms with Gasteiger partial charge in [-0.15, -0.1) is 0 Å². The summed E-state index contributed by atoms with van der Waals surface area (Å²) in [6.45, 7) is 2.19. The Morgan fingerprint density at radius 1 is 1.15 bits per heavy atom. The predicted octanol–water partition coefficient (Wildman–Crippen LogP) is 3.55. The molecular formula is C17H21N3. The molecule has 0 saturated heterocycles. The smallest absolute Gasteiger partial charge is 0.141 e. The zero-order valence-electron chi connectivity index (χ0n) is 12.2. The van der Waals surface area contributed by atoms with Crippen molar-refractivity contribution in [1.29, 1.82) is 0 Å². The second kappa shape index (κ2) is 5.23. The summed E-state index contributed by atoms with van der Waals surface area (Å²) >= 11 is 0. The molecule has 104 valence electrons. The van der Waals surface area contributed by atoms with E-state index in [1.54, 1.807) is 0 Å². The zero-order chi connectivity index (χ0) is 14.0. The van der Waals surface area contributed by atoms with E-state index >= 15 is 0 Å². The lowest BCUT2D eigenvalue weighted by molar-refractivity contribution is 0.733. The first-order chi connectivity index (χ1) is 9.78. The van der Waals surface area contributed by atoms with Crippen molar-refractivity contribution in [2.75, 3.05) is 12.4 Å². The maximum absolute atomic E-state index is 4.83. The Kier molecular flexibility index (Phi) is 3.43. The van der Waals surface area contributed by atoms with Crippen LogP contribution in [0.2, 0.25) is 0 Å². The number of rotatable bonds is 5. The molecule has 3 nitrogen and oxygen atoms in total. The van der Waals surface area contributed by atoms with Gasteiger partial charge in [0, 0.05) is 18.8 Å². The number of hydrogen-bond donors (Lipinski definition) is 1. The third-order valence-corrected chi connectivity index (χ3v) is 4.05. The largest absolute Gasteiger partial charge is 0.373 e. The topological polar surface area (TPSA) is 37.8 Å². The third-order valence-electron chi connectivity index (χ3n) is 4.05. The van der Waals surface area contributed by atoms with Crippen molar-refractivity contribution < 1.29 is 0 Å².